The van der Waals surface area contributed by atoms with E-state index in [-0.39, 0.29) is 12.1 Å². The molecule has 3 heteroatoms. The van der Waals surface area contributed by atoms with Crippen molar-refractivity contribution in [2.75, 3.05) is 0 Å². The van der Waals surface area contributed by atoms with Gasteiger partial charge in [0, 0.05) is 16.5 Å². The molecule has 2 rings (SSSR count). The quantitative estimate of drug-likeness (QED) is 0.666. The first-order valence-electron chi connectivity index (χ1n) is 3.53. The SMILES string of the molecule is FSc1ccc2ncccc2c1. The van der Waals surface area contributed by atoms with E-state index >= 15 is 0 Å². The molecule has 1 heterocycles. The van der Waals surface area contributed by atoms with Crippen LogP contribution in [0.3, 0.4) is 0 Å². The van der Waals surface area contributed by atoms with Gasteiger partial charge in [-0.15, -0.1) is 0 Å². The third-order valence-electron chi connectivity index (χ3n) is 1.66. The smallest absolute Gasteiger partial charge is 0.0812 e. The molecule has 0 saturated carbocycles. The zero-order chi connectivity index (χ0) is 8.39. The maximum atomic E-state index is 12.1. The van der Waals surface area contributed by atoms with Crippen LogP contribution in [0.25, 0.3) is 10.9 Å². The number of fused-ring (bicyclic) bond motifs is 1. The Balaban J connectivity index is 2.67. The van der Waals surface area contributed by atoms with Crippen molar-refractivity contribution in [2.45, 2.75) is 4.90 Å². The van der Waals surface area contributed by atoms with Gasteiger partial charge in [-0.2, -0.15) is 3.89 Å². The van der Waals surface area contributed by atoms with Crippen LogP contribution in [0, 0.1) is 0 Å². The van der Waals surface area contributed by atoms with E-state index in [9.17, 15) is 3.89 Å². The van der Waals surface area contributed by atoms with E-state index in [0.29, 0.717) is 4.90 Å². The van der Waals surface area contributed by atoms with Crippen molar-refractivity contribution in [3.05, 3.63) is 36.5 Å². The van der Waals surface area contributed by atoms with Crippen LogP contribution in [0.15, 0.2) is 41.4 Å². The molecular weight excluding hydrogens is 173 g/mol. The summed E-state index contributed by atoms with van der Waals surface area (Å²) in [6.07, 6.45) is 1.73. The number of hydrogen-bond acceptors (Lipinski definition) is 2. The highest BCUT2D eigenvalue weighted by atomic mass is 32.2. The summed E-state index contributed by atoms with van der Waals surface area (Å²) in [6, 6.07) is 9.08. The lowest BCUT2D eigenvalue weighted by molar-refractivity contribution is 0.934. The number of benzene rings is 1. The molecule has 0 saturated heterocycles. The van der Waals surface area contributed by atoms with Gasteiger partial charge in [-0.1, -0.05) is 6.07 Å². The number of nitrogens with zero attached hydrogens (tertiary/aromatic N) is 1. The largest absolute Gasteiger partial charge is 0.256 e. The number of halogens is 1. The van der Waals surface area contributed by atoms with Gasteiger partial charge < -0.3 is 0 Å². The molecule has 0 aliphatic rings. The van der Waals surface area contributed by atoms with E-state index in [1.807, 2.05) is 18.2 Å². The Kier molecular flexibility index (Phi) is 1.96. The van der Waals surface area contributed by atoms with E-state index in [1.165, 1.54) is 0 Å². The second-order valence-corrected chi connectivity index (χ2v) is 3.06. The Morgan fingerprint density at radius 3 is 3.00 bits per heavy atom. The van der Waals surface area contributed by atoms with Crippen LogP contribution in [0.5, 0.6) is 0 Å². The van der Waals surface area contributed by atoms with Crippen LogP contribution >= 0.6 is 12.1 Å². The molecule has 0 aliphatic heterocycles. The Bertz CT molecular complexity index is 402. The molecule has 0 atom stereocenters. The molecule has 1 nitrogen and oxygen atoms in total. The van der Waals surface area contributed by atoms with Gasteiger partial charge in [0.25, 0.3) is 0 Å². The molecule has 2 aromatic rings. The summed E-state index contributed by atoms with van der Waals surface area (Å²) in [7, 11) is 0. The number of pyridine rings is 1. The van der Waals surface area contributed by atoms with Gasteiger partial charge in [0.1, 0.15) is 0 Å². The molecule has 0 aliphatic carbocycles. The molecular formula is C9H6FNS. The zero-order valence-electron chi connectivity index (χ0n) is 6.20. The van der Waals surface area contributed by atoms with E-state index in [4.69, 9.17) is 0 Å². The minimum atomic E-state index is 0.256. The summed E-state index contributed by atoms with van der Waals surface area (Å²) < 4.78 is 12.1. The fraction of sp³-hybridized carbons (Fsp3) is 0. The molecule has 0 amide bonds. The summed E-state index contributed by atoms with van der Waals surface area (Å²) >= 11 is 0.256. The first-order chi connectivity index (χ1) is 5.90. The lowest BCUT2D eigenvalue weighted by Gasteiger charge is -1.96. The fourth-order valence-corrected chi connectivity index (χ4v) is 1.39. The molecule has 12 heavy (non-hydrogen) atoms. The number of rotatable bonds is 1. The van der Waals surface area contributed by atoms with Crippen LogP contribution in [0.1, 0.15) is 0 Å². The second-order valence-electron chi connectivity index (χ2n) is 2.44. The maximum Gasteiger partial charge on any atom is 0.0812 e. The van der Waals surface area contributed by atoms with Gasteiger partial charge in [-0.25, -0.2) is 0 Å². The monoisotopic (exact) mass is 179 g/mol. The average Bonchev–Trinajstić information content (AvgIpc) is 2.17. The second kappa shape index (κ2) is 3.11. The van der Waals surface area contributed by atoms with Gasteiger partial charge in [0.2, 0.25) is 0 Å². The lowest BCUT2D eigenvalue weighted by atomic mass is 10.2. The van der Waals surface area contributed by atoms with Gasteiger partial charge in [0.05, 0.1) is 17.7 Å². The third-order valence-corrected chi connectivity index (χ3v) is 2.10. The lowest BCUT2D eigenvalue weighted by Crippen LogP contribution is -1.76. The third kappa shape index (κ3) is 1.28. The Hall–Kier alpha value is -1.09. The molecule has 0 N–H and O–H groups in total. The van der Waals surface area contributed by atoms with Crippen molar-refractivity contribution in [1.29, 1.82) is 0 Å². The normalized spacial score (nSPS) is 10.4. The topological polar surface area (TPSA) is 12.9 Å². The summed E-state index contributed by atoms with van der Waals surface area (Å²) in [5.41, 5.74) is 0.898. The number of hydrogen-bond donors (Lipinski definition) is 0. The molecule has 1 aromatic heterocycles. The summed E-state index contributed by atoms with van der Waals surface area (Å²) in [5.74, 6) is 0. The Morgan fingerprint density at radius 1 is 1.25 bits per heavy atom. The van der Waals surface area contributed by atoms with Crippen LogP contribution in [-0.2, 0) is 0 Å². The van der Waals surface area contributed by atoms with Crippen molar-refractivity contribution < 1.29 is 3.89 Å². The van der Waals surface area contributed by atoms with Crippen LogP contribution < -0.4 is 0 Å². The molecule has 0 radical (unpaired) electrons. The highest BCUT2D eigenvalue weighted by Crippen LogP contribution is 2.22. The summed E-state index contributed by atoms with van der Waals surface area (Å²) in [6.45, 7) is 0. The summed E-state index contributed by atoms with van der Waals surface area (Å²) in [4.78, 5) is 4.75. The van der Waals surface area contributed by atoms with Crippen molar-refractivity contribution in [3.8, 4) is 0 Å². The highest BCUT2D eigenvalue weighted by Gasteiger charge is 1.95. The predicted molar refractivity (Wildman–Crippen MR) is 48.7 cm³/mol. The summed E-state index contributed by atoms with van der Waals surface area (Å²) in [5, 5.41) is 0.972. The first-order valence-corrected chi connectivity index (χ1v) is 4.25. The van der Waals surface area contributed by atoms with Crippen molar-refractivity contribution in [2.24, 2.45) is 0 Å². The van der Waals surface area contributed by atoms with Gasteiger partial charge in [0.15, 0.2) is 0 Å². The fourth-order valence-electron chi connectivity index (χ4n) is 1.10. The zero-order valence-corrected chi connectivity index (χ0v) is 7.01. The van der Waals surface area contributed by atoms with Gasteiger partial charge in [-0.05, 0) is 24.3 Å². The molecule has 60 valence electrons. The van der Waals surface area contributed by atoms with Crippen LogP contribution in [-0.4, -0.2) is 4.98 Å². The van der Waals surface area contributed by atoms with Crippen LogP contribution in [0.2, 0.25) is 0 Å². The maximum absolute atomic E-state index is 12.1. The Morgan fingerprint density at radius 2 is 2.17 bits per heavy atom. The molecule has 0 unspecified atom stereocenters. The predicted octanol–water partition coefficient (Wildman–Crippen LogP) is 3.21. The molecule has 0 bridgehead atoms. The average molecular weight is 179 g/mol. The van der Waals surface area contributed by atoms with E-state index < -0.39 is 0 Å². The molecule has 0 fully saturated rings. The van der Waals surface area contributed by atoms with Crippen molar-refractivity contribution in [3.63, 3.8) is 0 Å². The van der Waals surface area contributed by atoms with E-state index in [1.54, 1.807) is 18.3 Å². The molecule has 1 aromatic carbocycles. The van der Waals surface area contributed by atoms with Gasteiger partial charge >= 0.3 is 0 Å². The molecule has 0 spiro atoms. The van der Waals surface area contributed by atoms with Crippen molar-refractivity contribution >= 4 is 23.1 Å². The van der Waals surface area contributed by atoms with E-state index in [0.717, 1.165) is 10.9 Å². The van der Waals surface area contributed by atoms with Crippen molar-refractivity contribution in [1.82, 2.24) is 4.98 Å². The minimum Gasteiger partial charge on any atom is -0.256 e. The first kappa shape index (κ1) is 7.55. The van der Waals surface area contributed by atoms with Gasteiger partial charge in [-0.3, -0.25) is 4.98 Å². The highest BCUT2D eigenvalue weighted by molar-refractivity contribution is 7.94. The van der Waals surface area contributed by atoms with Crippen LogP contribution in [0.4, 0.5) is 3.89 Å². The van der Waals surface area contributed by atoms with E-state index in [2.05, 4.69) is 4.98 Å². The Labute approximate surface area is 73.9 Å². The minimum absolute atomic E-state index is 0.256. The standard InChI is InChI=1S/C9H6FNS/c10-12-8-3-4-9-7(6-8)2-1-5-11-9/h1-6H. The number of aromatic nitrogens is 1.